The van der Waals surface area contributed by atoms with Crippen LogP contribution in [0.3, 0.4) is 0 Å². The van der Waals surface area contributed by atoms with Crippen molar-refractivity contribution in [3.63, 3.8) is 0 Å². The number of aliphatic carboxylic acids is 1. The van der Waals surface area contributed by atoms with E-state index in [1.165, 1.54) is 0 Å². The summed E-state index contributed by atoms with van der Waals surface area (Å²) in [5, 5.41) is 9.19. The first kappa shape index (κ1) is 15.1. The molecule has 0 saturated carbocycles. The van der Waals surface area contributed by atoms with Crippen molar-refractivity contribution in [2.24, 2.45) is 0 Å². The summed E-state index contributed by atoms with van der Waals surface area (Å²) in [5.41, 5.74) is -1.75. The quantitative estimate of drug-likeness (QED) is 0.681. The van der Waals surface area contributed by atoms with Crippen LogP contribution in [0.15, 0.2) is 12.2 Å². The van der Waals surface area contributed by atoms with Crippen molar-refractivity contribution >= 4 is 5.97 Å². The van der Waals surface area contributed by atoms with Crippen molar-refractivity contribution in [2.75, 3.05) is 13.7 Å². The molecule has 16 heavy (non-hydrogen) atoms. The van der Waals surface area contributed by atoms with Gasteiger partial charge in [-0.25, -0.2) is 4.79 Å². The highest BCUT2D eigenvalue weighted by Crippen LogP contribution is 2.26. The zero-order valence-electron chi connectivity index (χ0n) is 10.7. The standard InChI is InChI=1S/C12H22O4/c1-6-7-8-16-12(4,10(13)14)9-11(2,3)15-5/h6-7H,8-9H2,1-5H3,(H,13,14). The molecule has 0 amide bonds. The van der Waals surface area contributed by atoms with E-state index < -0.39 is 17.2 Å². The van der Waals surface area contributed by atoms with Crippen molar-refractivity contribution < 1.29 is 19.4 Å². The fraction of sp³-hybridized carbons (Fsp3) is 0.750. The van der Waals surface area contributed by atoms with Crippen LogP contribution in [0.25, 0.3) is 0 Å². The van der Waals surface area contributed by atoms with Gasteiger partial charge in [0.1, 0.15) is 0 Å². The Morgan fingerprint density at radius 3 is 2.31 bits per heavy atom. The second-order valence-electron chi connectivity index (χ2n) is 4.56. The molecular weight excluding hydrogens is 208 g/mol. The molecule has 1 N–H and O–H groups in total. The van der Waals surface area contributed by atoms with Crippen molar-refractivity contribution in [2.45, 2.75) is 45.3 Å². The Bertz CT molecular complexity index is 258. The molecule has 4 heteroatoms. The number of carboxylic acids is 1. The van der Waals surface area contributed by atoms with Crippen LogP contribution in [0.5, 0.6) is 0 Å². The third kappa shape index (κ3) is 4.77. The van der Waals surface area contributed by atoms with E-state index in [1.54, 1.807) is 20.1 Å². The molecule has 0 aliphatic heterocycles. The number of hydrogen-bond acceptors (Lipinski definition) is 3. The van der Waals surface area contributed by atoms with Crippen LogP contribution in [-0.2, 0) is 14.3 Å². The van der Waals surface area contributed by atoms with Gasteiger partial charge in [0.25, 0.3) is 0 Å². The number of methoxy groups -OCH3 is 1. The van der Waals surface area contributed by atoms with E-state index in [9.17, 15) is 9.90 Å². The van der Waals surface area contributed by atoms with Crippen LogP contribution in [-0.4, -0.2) is 36.0 Å². The molecule has 1 atom stereocenters. The van der Waals surface area contributed by atoms with Gasteiger partial charge in [0, 0.05) is 13.5 Å². The maximum absolute atomic E-state index is 11.2. The van der Waals surface area contributed by atoms with E-state index in [-0.39, 0.29) is 0 Å². The van der Waals surface area contributed by atoms with Gasteiger partial charge in [0.15, 0.2) is 5.60 Å². The van der Waals surface area contributed by atoms with E-state index in [0.717, 1.165) is 0 Å². The molecule has 1 unspecified atom stereocenters. The highest BCUT2D eigenvalue weighted by Gasteiger charge is 2.39. The van der Waals surface area contributed by atoms with Crippen LogP contribution >= 0.6 is 0 Å². The number of rotatable bonds is 7. The molecule has 0 aliphatic carbocycles. The third-order valence-electron chi connectivity index (χ3n) is 2.50. The van der Waals surface area contributed by atoms with Crippen molar-refractivity contribution in [3.8, 4) is 0 Å². The Morgan fingerprint density at radius 1 is 1.38 bits per heavy atom. The summed E-state index contributed by atoms with van der Waals surface area (Å²) < 4.78 is 10.6. The van der Waals surface area contributed by atoms with E-state index in [2.05, 4.69) is 0 Å². The van der Waals surface area contributed by atoms with Crippen LogP contribution in [0.2, 0.25) is 0 Å². The molecule has 0 saturated heterocycles. The SMILES string of the molecule is CC=CCOC(C)(CC(C)(C)OC)C(=O)O. The minimum atomic E-state index is -1.22. The Balaban J connectivity index is 4.63. The molecule has 4 nitrogen and oxygen atoms in total. The maximum atomic E-state index is 11.2. The molecule has 0 fully saturated rings. The highest BCUT2D eigenvalue weighted by molar-refractivity contribution is 5.77. The summed E-state index contributed by atoms with van der Waals surface area (Å²) in [6.07, 6.45) is 3.90. The van der Waals surface area contributed by atoms with Crippen LogP contribution in [0.4, 0.5) is 0 Å². The number of carboxylic acid groups (broad SMARTS) is 1. The molecule has 94 valence electrons. The number of carbonyl (C=O) groups is 1. The monoisotopic (exact) mass is 230 g/mol. The van der Waals surface area contributed by atoms with Gasteiger partial charge in [0.2, 0.25) is 0 Å². The zero-order valence-corrected chi connectivity index (χ0v) is 10.7. The predicted octanol–water partition coefficient (Wildman–Crippen LogP) is 2.24. The predicted molar refractivity (Wildman–Crippen MR) is 62.5 cm³/mol. The van der Waals surface area contributed by atoms with E-state index in [1.807, 2.05) is 26.8 Å². The van der Waals surface area contributed by atoms with E-state index in [4.69, 9.17) is 9.47 Å². The number of hydrogen-bond donors (Lipinski definition) is 1. The smallest absolute Gasteiger partial charge is 0.335 e. The molecule has 0 bridgehead atoms. The minimum Gasteiger partial charge on any atom is -0.479 e. The van der Waals surface area contributed by atoms with Gasteiger partial charge in [-0.15, -0.1) is 0 Å². The van der Waals surface area contributed by atoms with Crippen molar-refractivity contribution in [1.29, 1.82) is 0 Å². The number of allylic oxidation sites excluding steroid dienone is 1. The van der Waals surface area contributed by atoms with Crippen molar-refractivity contribution in [1.82, 2.24) is 0 Å². The first-order valence-corrected chi connectivity index (χ1v) is 5.31. The van der Waals surface area contributed by atoms with Gasteiger partial charge in [-0.05, 0) is 27.7 Å². The molecule has 0 aromatic rings. The minimum absolute atomic E-state index is 0.291. The van der Waals surface area contributed by atoms with Gasteiger partial charge in [-0.3, -0.25) is 0 Å². The molecule has 0 radical (unpaired) electrons. The molecular formula is C12H22O4. The second kappa shape index (κ2) is 6.01. The Hall–Kier alpha value is -0.870. The molecule has 0 aromatic heterocycles. The fourth-order valence-corrected chi connectivity index (χ4v) is 1.40. The largest absolute Gasteiger partial charge is 0.479 e. The lowest BCUT2D eigenvalue weighted by molar-refractivity contribution is -0.170. The molecule has 0 rings (SSSR count). The van der Waals surface area contributed by atoms with E-state index in [0.29, 0.717) is 13.0 Å². The molecule has 0 spiro atoms. The summed E-state index contributed by atoms with van der Waals surface area (Å²) in [7, 11) is 1.56. The average Bonchev–Trinajstić information content (AvgIpc) is 2.17. The topological polar surface area (TPSA) is 55.8 Å². The first-order chi connectivity index (χ1) is 7.27. The molecule has 0 aromatic carbocycles. The van der Waals surface area contributed by atoms with Crippen LogP contribution in [0.1, 0.15) is 34.1 Å². The molecule has 0 aliphatic rings. The molecule has 0 heterocycles. The van der Waals surface area contributed by atoms with Gasteiger partial charge in [-0.2, -0.15) is 0 Å². The summed E-state index contributed by atoms with van der Waals surface area (Å²) >= 11 is 0. The lowest BCUT2D eigenvalue weighted by Crippen LogP contribution is -2.45. The fourth-order valence-electron chi connectivity index (χ4n) is 1.40. The Kier molecular flexibility index (Phi) is 5.68. The van der Waals surface area contributed by atoms with Gasteiger partial charge < -0.3 is 14.6 Å². The summed E-state index contributed by atoms with van der Waals surface area (Å²) in [5.74, 6) is -0.970. The lowest BCUT2D eigenvalue weighted by Gasteiger charge is -2.33. The Labute approximate surface area is 97.2 Å². The first-order valence-electron chi connectivity index (χ1n) is 5.31. The van der Waals surface area contributed by atoms with E-state index >= 15 is 0 Å². The van der Waals surface area contributed by atoms with Gasteiger partial charge in [0.05, 0.1) is 12.2 Å². The second-order valence-corrected chi connectivity index (χ2v) is 4.56. The van der Waals surface area contributed by atoms with Gasteiger partial charge in [-0.1, -0.05) is 12.2 Å². The average molecular weight is 230 g/mol. The normalized spacial score (nSPS) is 16.3. The summed E-state index contributed by atoms with van der Waals surface area (Å²) in [6.45, 7) is 7.40. The third-order valence-corrected chi connectivity index (χ3v) is 2.50. The van der Waals surface area contributed by atoms with Crippen LogP contribution in [0, 0.1) is 0 Å². The van der Waals surface area contributed by atoms with Gasteiger partial charge >= 0.3 is 5.97 Å². The number of ether oxygens (including phenoxy) is 2. The highest BCUT2D eigenvalue weighted by atomic mass is 16.5. The lowest BCUT2D eigenvalue weighted by atomic mass is 9.90. The maximum Gasteiger partial charge on any atom is 0.335 e. The van der Waals surface area contributed by atoms with Crippen LogP contribution < -0.4 is 0 Å². The summed E-state index contributed by atoms with van der Waals surface area (Å²) in [4.78, 5) is 11.2. The zero-order chi connectivity index (χ0) is 12.8. The summed E-state index contributed by atoms with van der Waals surface area (Å²) in [6, 6.07) is 0. The Morgan fingerprint density at radius 2 is 1.94 bits per heavy atom. The van der Waals surface area contributed by atoms with Crippen molar-refractivity contribution in [3.05, 3.63) is 12.2 Å².